The highest BCUT2D eigenvalue weighted by atomic mass is 16.4. The summed E-state index contributed by atoms with van der Waals surface area (Å²) in [5, 5.41) is 15.3. The number of benzene rings is 1. The molecule has 8 heteroatoms. The van der Waals surface area contributed by atoms with E-state index in [1.807, 2.05) is 52.2 Å². The monoisotopic (exact) mass is 380 g/mol. The van der Waals surface area contributed by atoms with Crippen molar-refractivity contribution in [2.45, 2.75) is 44.8 Å². The number of hydrogen-bond donors (Lipinski definition) is 1. The molecule has 1 aromatic carbocycles. The zero-order valence-corrected chi connectivity index (χ0v) is 15.7. The number of hydrogen-bond acceptors (Lipinski definition) is 5. The molecular formula is C20H24N6O2. The molecule has 2 aromatic heterocycles. The molecule has 1 N–H and O–H groups in total. The average molecular weight is 380 g/mol. The van der Waals surface area contributed by atoms with Gasteiger partial charge in [-0.25, -0.2) is 4.79 Å². The SMILES string of the molecule is O=C(NCc1nnc(-c2ccccc2)o1)N1CCCCC1CCn1cccn1. The van der Waals surface area contributed by atoms with Gasteiger partial charge in [-0.2, -0.15) is 5.10 Å². The number of nitrogens with one attached hydrogen (secondary N) is 1. The van der Waals surface area contributed by atoms with Crippen LogP contribution in [0, 0.1) is 0 Å². The standard InChI is InChI=1S/C20H24N6O2/c27-20(21-15-18-23-24-19(28-18)16-7-2-1-3-8-16)26-13-5-4-9-17(26)10-14-25-12-6-11-22-25/h1-3,6-8,11-12,17H,4-5,9-10,13-15H2,(H,21,27). The van der Waals surface area contributed by atoms with E-state index in [1.165, 1.54) is 0 Å². The van der Waals surface area contributed by atoms with Crippen molar-refractivity contribution in [3.8, 4) is 11.5 Å². The van der Waals surface area contributed by atoms with Crippen molar-refractivity contribution in [3.05, 3.63) is 54.7 Å². The summed E-state index contributed by atoms with van der Waals surface area (Å²) in [6.07, 6.45) is 7.83. The number of carbonyl (C=O) groups is 1. The second-order valence-corrected chi connectivity index (χ2v) is 6.93. The van der Waals surface area contributed by atoms with Crippen LogP contribution in [0.4, 0.5) is 4.79 Å². The van der Waals surface area contributed by atoms with Gasteiger partial charge in [-0.3, -0.25) is 4.68 Å². The molecule has 1 fully saturated rings. The van der Waals surface area contributed by atoms with Crippen LogP contribution in [0.5, 0.6) is 0 Å². The third kappa shape index (κ3) is 4.39. The van der Waals surface area contributed by atoms with Gasteiger partial charge in [0, 0.05) is 37.1 Å². The molecule has 1 aliphatic heterocycles. The van der Waals surface area contributed by atoms with E-state index in [-0.39, 0.29) is 18.6 Å². The van der Waals surface area contributed by atoms with Crippen molar-refractivity contribution < 1.29 is 9.21 Å². The summed E-state index contributed by atoms with van der Waals surface area (Å²) in [7, 11) is 0. The van der Waals surface area contributed by atoms with E-state index < -0.39 is 0 Å². The number of urea groups is 1. The summed E-state index contributed by atoms with van der Waals surface area (Å²) in [5.74, 6) is 0.859. The molecule has 146 valence electrons. The largest absolute Gasteiger partial charge is 0.419 e. The van der Waals surface area contributed by atoms with E-state index in [4.69, 9.17) is 4.42 Å². The summed E-state index contributed by atoms with van der Waals surface area (Å²) < 4.78 is 7.57. The first-order valence-electron chi connectivity index (χ1n) is 9.69. The highest BCUT2D eigenvalue weighted by molar-refractivity contribution is 5.74. The van der Waals surface area contributed by atoms with Gasteiger partial charge in [0.25, 0.3) is 0 Å². The predicted molar refractivity (Wildman–Crippen MR) is 103 cm³/mol. The van der Waals surface area contributed by atoms with Gasteiger partial charge in [0.2, 0.25) is 11.8 Å². The Kier molecular flexibility index (Phi) is 5.65. The highest BCUT2D eigenvalue weighted by Crippen LogP contribution is 2.21. The Labute approximate surface area is 163 Å². The minimum Gasteiger partial charge on any atom is -0.419 e. The molecule has 1 unspecified atom stereocenters. The fourth-order valence-electron chi connectivity index (χ4n) is 3.56. The molecule has 3 aromatic rings. The quantitative estimate of drug-likeness (QED) is 0.710. The lowest BCUT2D eigenvalue weighted by molar-refractivity contribution is 0.142. The lowest BCUT2D eigenvalue weighted by Gasteiger charge is -2.35. The van der Waals surface area contributed by atoms with Crippen LogP contribution < -0.4 is 5.32 Å². The Hall–Kier alpha value is -3.16. The number of nitrogens with zero attached hydrogens (tertiary/aromatic N) is 5. The highest BCUT2D eigenvalue weighted by Gasteiger charge is 2.26. The Balaban J connectivity index is 1.32. The lowest BCUT2D eigenvalue weighted by atomic mass is 10.00. The van der Waals surface area contributed by atoms with Gasteiger partial charge in [0.1, 0.15) is 0 Å². The molecule has 8 nitrogen and oxygen atoms in total. The van der Waals surface area contributed by atoms with Gasteiger partial charge in [-0.15, -0.1) is 10.2 Å². The molecule has 0 spiro atoms. The molecule has 0 radical (unpaired) electrons. The topological polar surface area (TPSA) is 89.1 Å². The van der Waals surface area contributed by atoms with E-state index in [0.29, 0.717) is 11.8 Å². The number of rotatable bonds is 6. The van der Waals surface area contributed by atoms with E-state index in [2.05, 4.69) is 20.6 Å². The maximum atomic E-state index is 12.7. The van der Waals surface area contributed by atoms with Crippen LogP contribution in [-0.4, -0.2) is 43.5 Å². The number of amides is 2. The first kappa shape index (κ1) is 18.2. The molecule has 0 aliphatic carbocycles. The van der Waals surface area contributed by atoms with Crippen LogP contribution >= 0.6 is 0 Å². The number of carbonyl (C=O) groups excluding carboxylic acids is 1. The summed E-state index contributed by atoms with van der Waals surface area (Å²) in [6, 6.07) is 11.6. The van der Waals surface area contributed by atoms with Crippen molar-refractivity contribution in [1.82, 2.24) is 30.2 Å². The minimum atomic E-state index is -0.0790. The van der Waals surface area contributed by atoms with Crippen molar-refractivity contribution in [2.24, 2.45) is 0 Å². The summed E-state index contributed by atoms with van der Waals surface area (Å²) >= 11 is 0. The van der Waals surface area contributed by atoms with E-state index in [9.17, 15) is 4.79 Å². The van der Waals surface area contributed by atoms with E-state index in [0.717, 1.165) is 44.3 Å². The number of likely N-dealkylation sites (tertiary alicyclic amines) is 1. The summed E-state index contributed by atoms with van der Waals surface area (Å²) in [4.78, 5) is 14.7. The number of aromatic nitrogens is 4. The summed E-state index contributed by atoms with van der Waals surface area (Å²) in [6.45, 7) is 1.81. The molecule has 0 saturated carbocycles. The smallest absolute Gasteiger partial charge is 0.318 e. The normalized spacial score (nSPS) is 16.9. The Morgan fingerprint density at radius 3 is 2.89 bits per heavy atom. The van der Waals surface area contributed by atoms with Crippen LogP contribution in [-0.2, 0) is 13.1 Å². The van der Waals surface area contributed by atoms with Gasteiger partial charge >= 0.3 is 6.03 Å². The third-order valence-electron chi connectivity index (χ3n) is 5.02. The Bertz CT molecular complexity index is 877. The third-order valence-corrected chi connectivity index (χ3v) is 5.02. The molecule has 0 bridgehead atoms. The predicted octanol–water partition coefficient (Wildman–Crippen LogP) is 3.09. The van der Waals surface area contributed by atoms with Crippen LogP contribution in [0.3, 0.4) is 0 Å². The van der Waals surface area contributed by atoms with Crippen molar-refractivity contribution in [1.29, 1.82) is 0 Å². The number of piperidine rings is 1. The van der Waals surface area contributed by atoms with Gasteiger partial charge in [0.05, 0.1) is 6.54 Å². The van der Waals surface area contributed by atoms with Crippen molar-refractivity contribution >= 4 is 6.03 Å². The van der Waals surface area contributed by atoms with Crippen LogP contribution in [0.25, 0.3) is 11.5 Å². The van der Waals surface area contributed by atoms with Crippen molar-refractivity contribution in [3.63, 3.8) is 0 Å². The first-order chi connectivity index (χ1) is 13.8. The minimum absolute atomic E-state index is 0.0790. The van der Waals surface area contributed by atoms with Crippen LogP contribution in [0.15, 0.2) is 53.2 Å². The molecule has 28 heavy (non-hydrogen) atoms. The fourth-order valence-corrected chi connectivity index (χ4v) is 3.56. The average Bonchev–Trinajstić information content (AvgIpc) is 3.43. The van der Waals surface area contributed by atoms with Gasteiger partial charge in [-0.05, 0) is 43.9 Å². The summed E-state index contributed by atoms with van der Waals surface area (Å²) in [5.41, 5.74) is 0.863. The van der Waals surface area contributed by atoms with Crippen LogP contribution in [0.1, 0.15) is 31.6 Å². The fraction of sp³-hybridized carbons (Fsp3) is 0.400. The Morgan fingerprint density at radius 1 is 1.18 bits per heavy atom. The van der Waals surface area contributed by atoms with E-state index >= 15 is 0 Å². The van der Waals surface area contributed by atoms with Gasteiger partial charge < -0.3 is 14.6 Å². The molecule has 4 rings (SSSR count). The van der Waals surface area contributed by atoms with Gasteiger partial charge in [-0.1, -0.05) is 18.2 Å². The maximum Gasteiger partial charge on any atom is 0.318 e. The van der Waals surface area contributed by atoms with Gasteiger partial charge in [0.15, 0.2) is 0 Å². The second-order valence-electron chi connectivity index (χ2n) is 6.93. The van der Waals surface area contributed by atoms with E-state index in [1.54, 1.807) is 6.20 Å². The number of aryl methyl sites for hydroxylation is 1. The maximum absolute atomic E-state index is 12.7. The zero-order valence-electron chi connectivity index (χ0n) is 15.7. The lowest BCUT2D eigenvalue weighted by Crippen LogP contribution is -2.48. The van der Waals surface area contributed by atoms with Crippen molar-refractivity contribution in [2.75, 3.05) is 6.54 Å². The Morgan fingerprint density at radius 2 is 2.07 bits per heavy atom. The van der Waals surface area contributed by atoms with Crippen LogP contribution in [0.2, 0.25) is 0 Å². The molecule has 3 heterocycles. The molecule has 1 saturated heterocycles. The first-order valence-corrected chi connectivity index (χ1v) is 9.69. The zero-order chi connectivity index (χ0) is 19.2. The molecule has 1 atom stereocenters. The molecular weight excluding hydrogens is 356 g/mol. The molecule has 1 aliphatic rings. The molecule has 2 amide bonds. The second kappa shape index (κ2) is 8.69.